The minimum atomic E-state index is -0.642. The van der Waals surface area contributed by atoms with E-state index in [0.29, 0.717) is 16.5 Å². The highest BCUT2D eigenvalue weighted by Crippen LogP contribution is 2.29. The highest BCUT2D eigenvalue weighted by molar-refractivity contribution is 6.42. The van der Waals surface area contributed by atoms with Gasteiger partial charge in [-0.1, -0.05) is 66.9 Å². The summed E-state index contributed by atoms with van der Waals surface area (Å²) in [7, 11) is 1.80. The maximum absolute atomic E-state index is 11.9. The summed E-state index contributed by atoms with van der Waals surface area (Å²) >= 11 is 12.1. The van der Waals surface area contributed by atoms with E-state index in [0.717, 1.165) is 30.4 Å². The maximum atomic E-state index is 11.9. The number of carbonyl (C=O) groups is 1. The van der Waals surface area contributed by atoms with Crippen molar-refractivity contribution < 1.29 is 4.79 Å². The van der Waals surface area contributed by atoms with Crippen LogP contribution in [-0.4, -0.2) is 18.5 Å². The lowest BCUT2D eigenvalue weighted by molar-refractivity contribution is -0.124. The average molecular weight is 379 g/mol. The van der Waals surface area contributed by atoms with Gasteiger partial charge in [0.25, 0.3) is 0 Å². The van der Waals surface area contributed by atoms with E-state index in [2.05, 4.69) is 36.5 Å². The normalized spacial score (nSPS) is 13.4. The Hall–Kier alpha value is -1.55. The molecule has 1 amide bonds. The van der Waals surface area contributed by atoms with Crippen LogP contribution in [0.1, 0.15) is 31.7 Å². The zero-order valence-electron chi connectivity index (χ0n) is 14.6. The van der Waals surface area contributed by atoms with Crippen molar-refractivity contribution >= 4 is 29.1 Å². The summed E-state index contributed by atoms with van der Waals surface area (Å²) in [6, 6.07) is 13.9. The fourth-order valence-corrected chi connectivity index (χ4v) is 3.37. The van der Waals surface area contributed by atoms with Gasteiger partial charge in [-0.3, -0.25) is 4.79 Å². The second-order valence-electron chi connectivity index (χ2n) is 6.27. The van der Waals surface area contributed by atoms with Crippen LogP contribution < -0.4 is 11.1 Å². The topological polar surface area (TPSA) is 55.1 Å². The standard InChI is InChI=1S/C20H24Cl2N2O/c1-3-11-20(24-2,19(23)25)12-10-14-4-6-15(7-5-14)16-8-9-17(21)18(22)13-16/h4-9,13,24H,3,10-12H2,1-2H3,(H2,23,25). The summed E-state index contributed by atoms with van der Waals surface area (Å²) in [5.41, 5.74) is 8.26. The number of hydrogen-bond acceptors (Lipinski definition) is 2. The van der Waals surface area contributed by atoms with Crippen LogP contribution in [0.4, 0.5) is 0 Å². The van der Waals surface area contributed by atoms with Crippen molar-refractivity contribution in [2.75, 3.05) is 7.05 Å². The molecule has 2 rings (SSSR count). The first-order chi connectivity index (χ1) is 11.9. The van der Waals surface area contributed by atoms with Gasteiger partial charge in [0.2, 0.25) is 5.91 Å². The number of aryl methyl sites for hydroxylation is 1. The first-order valence-corrected chi connectivity index (χ1v) is 9.20. The van der Waals surface area contributed by atoms with Crippen molar-refractivity contribution in [2.24, 2.45) is 5.73 Å². The molecule has 2 aromatic rings. The largest absolute Gasteiger partial charge is 0.368 e. The molecule has 0 aliphatic heterocycles. The number of benzene rings is 2. The van der Waals surface area contributed by atoms with Gasteiger partial charge in [0.1, 0.15) is 0 Å². The predicted molar refractivity (Wildman–Crippen MR) is 106 cm³/mol. The smallest absolute Gasteiger partial charge is 0.237 e. The van der Waals surface area contributed by atoms with Gasteiger partial charge in [0.15, 0.2) is 0 Å². The molecule has 0 radical (unpaired) electrons. The zero-order chi connectivity index (χ0) is 18.4. The molecule has 134 valence electrons. The Balaban J connectivity index is 2.11. The van der Waals surface area contributed by atoms with Crippen molar-refractivity contribution in [2.45, 2.75) is 38.1 Å². The lowest BCUT2D eigenvalue weighted by atomic mass is 9.86. The van der Waals surface area contributed by atoms with Gasteiger partial charge in [-0.2, -0.15) is 0 Å². The monoisotopic (exact) mass is 378 g/mol. The van der Waals surface area contributed by atoms with Gasteiger partial charge in [-0.15, -0.1) is 0 Å². The molecule has 0 aliphatic carbocycles. The van der Waals surface area contributed by atoms with Crippen LogP contribution in [0, 0.1) is 0 Å². The summed E-state index contributed by atoms with van der Waals surface area (Å²) in [5, 5.41) is 4.23. The van der Waals surface area contributed by atoms with Gasteiger partial charge >= 0.3 is 0 Å². The third kappa shape index (κ3) is 4.75. The Morgan fingerprint density at radius 2 is 1.68 bits per heavy atom. The van der Waals surface area contributed by atoms with E-state index in [9.17, 15) is 4.79 Å². The van der Waals surface area contributed by atoms with E-state index in [1.54, 1.807) is 13.1 Å². The number of halogens is 2. The lowest BCUT2D eigenvalue weighted by Crippen LogP contribution is -2.54. The Labute approximate surface area is 159 Å². The van der Waals surface area contributed by atoms with Crippen LogP contribution in [0.15, 0.2) is 42.5 Å². The van der Waals surface area contributed by atoms with E-state index in [4.69, 9.17) is 28.9 Å². The first kappa shape index (κ1) is 19.8. The SMILES string of the molecule is CCCC(CCc1ccc(-c2ccc(Cl)c(Cl)c2)cc1)(NC)C(N)=O. The summed E-state index contributed by atoms with van der Waals surface area (Å²) in [5.74, 6) is -0.288. The lowest BCUT2D eigenvalue weighted by Gasteiger charge is -2.30. The molecule has 0 heterocycles. The molecular formula is C20H24Cl2N2O. The molecule has 3 nitrogen and oxygen atoms in total. The van der Waals surface area contributed by atoms with Crippen molar-refractivity contribution in [3.05, 3.63) is 58.1 Å². The number of carbonyl (C=O) groups excluding carboxylic acids is 1. The molecule has 1 unspecified atom stereocenters. The Kier molecular flexibility index (Phi) is 6.88. The third-order valence-electron chi connectivity index (χ3n) is 4.67. The van der Waals surface area contributed by atoms with Gasteiger partial charge in [0.05, 0.1) is 15.6 Å². The number of nitrogens with two attached hydrogens (primary N) is 1. The molecule has 0 aromatic heterocycles. The van der Waals surface area contributed by atoms with Crippen LogP contribution in [0.5, 0.6) is 0 Å². The molecule has 2 aromatic carbocycles. The first-order valence-electron chi connectivity index (χ1n) is 8.45. The fourth-order valence-electron chi connectivity index (χ4n) is 3.07. The maximum Gasteiger partial charge on any atom is 0.237 e. The Morgan fingerprint density at radius 1 is 1.04 bits per heavy atom. The molecule has 25 heavy (non-hydrogen) atoms. The van der Waals surface area contributed by atoms with Crippen LogP contribution >= 0.6 is 23.2 Å². The molecule has 0 fully saturated rings. The van der Waals surface area contributed by atoms with Crippen LogP contribution in [0.2, 0.25) is 10.0 Å². The molecule has 3 N–H and O–H groups in total. The van der Waals surface area contributed by atoms with Gasteiger partial charge in [-0.25, -0.2) is 0 Å². The molecule has 0 bridgehead atoms. The summed E-state index contributed by atoms with van der Waals surface area (Å²) in [6.45, 7) is 2.06. The highest BCUT2D eigenvalue weighted by atomic mass is 35.5. The third-order valence-corrected chi connectivity index (χ3v) is 5.41. The number of hydrogen-bond donors (Lipinski definition) is 2. The summed E-state index contributed by atoms with van der Waals surface area (Å²) in [6.07, 6.45) is 3.10. The molecule has 1 atom stereocenters. The number of nitrogens with one attached hydrogen (secondary N) is 1. The summed E-state index contributed by atoms with van der Waals surface area (Å²) in [4.78, 5) is 11.9. The molecule has 0 spiro atoms. The molecule has 0 saturated heterocycles. The predicted octanol–water partition coefficient (Wildman–Crippen LogP) is 4.84. The zero-order valence-corrected chi connectivity index (χ0v) is 16.1. The quantitative estimate of drug-likeness (QED) is 0.690. The second kappa shape index (κ2) is 8.70. The van der Waals surface area contributed by atoms with Crippen molar-refractivity contribution in [3.63, 3.8) is 0 Å². The van der Waals surface area contributed by atoms with Gasteiger partial charge in [0, 0.05) is 0 Å². The second-order valence-corrected chi connectivity index (χ2v) is 7.09. The van der Waals surface area contributed by atoms with E-state index in [1.807, 2.05) is 12.1 Å². The minimum Gasteiger partial charge on any atom is -0.368 e. The van der Waals surface area contributed by atoms with E-state index in [1.165, 1.54) is 5.56 Å². The van der Waals surface area contributed by atoms with Gasteiger partial charge < -0.3 is 11.1 Å². The van der Waals surface area contributed by atoms with Crippen LogP contribution in [0.25, 0.3) is 11.1 Å². The average Bonchev–Trinajstić information content (AvgIpc) is 2.61. The van der Waals surface area contributed by atoms with Gasteiger partial charge in [-0.05, 0) is 55.1 Å². The number of primary amides is 1. The molecular weight excluding hydrogens is 355 g/mol. The van der Waals surface area contributed by atoms with Crippen molar-refractivity contribution in [3.8, 4) is 11.1 Å². The molecule has 5 heteroatoms. The highest BCUT2D eigenvalue weighted by Gasteiger charge is 2.33. The van der Waals surface area contributed by atoms with Crippen LogP contribution in [-0.2, 0) is 11.2 Å². The van der Waals surface area contributed by atoms with Crippen molar-refractivity contribution in [1.29, 1.82) is 0 Å². The van der Waals surface area contributed by atoms with E-state index < -0.39 is 5.54 Å². The van der Waals surface area contributed by atoms with Crippen molar-refractivity contribution in [1.82, 2.24) is 5.32 Å². The van der Waals surface area contributed by atoms with E-state index in [-0.39, 0.29) is 5.91 Å². The minimum absolute atomic E-state index is 0.288. The fraction of sp³-hybridized carbons (Fsp3) is 0.350. The van der Waals surface area contributed by atoms with Crippen LogP contribution in [0.3, 0.4) is 0 Å². The Morgan fingerprint density at radius 3 is 2.20 bits per heavy atom. The summed E-state index contributed by atoms with van der Waals surface area (Å²) < 4.78 is 0. The number of likely N-dealkylation sites (N-methyl/N-ethyl adjacent to an activating group) is 1. The molecule has 0 saturated carbocycles. The Bertz CT molecular complexity index is 731. The molecule has 0 aliphatic rings. The number of amides is 1. The number of rotatable bonds is 8. The van der Waals surface area contributed by atoms with E-state index >= 15 is 0 Å².